The molecule has 1 N–H and O–H groups in total. The highest BCUT2D eigenvalue weighted by Crippen LogP contribution is 2.36. The molecule has 7 nitrogen and oxygen atoms in total. The Morgan fingerprint density at radius 2 is 1.87 bits per heavy atom. The summed E-state index contributed by atoms with van der Waals surface area (Å²) in [6, 6.07) is 7.93. The third-order valence-electron chi connectivity index (χ3n) is 6.24. The quantitative estimate of drug-likeness (QED) is 0.662. The van der Waals surface area contributed by atoms with Gasteiger partial charge in [-0.25, -0.2) is 9.97 Å². The Morgan fingerprint density at radius 3 is 2.58 bits per heavy atom. The van der Waals surface area contributed by atoms with E-state index >= 15 is 0 Å². The van der Waals surface area contributed by atoms with E-state index in [1.807, 2.05) is 24.4 Å². The number of benzene rings is 1. The van der Waals surface area contributed by atoms with E-state index in [0.29, 0.717) is 24.2 Å². The van der Waals surface area contributed by atoms with E-state index < -0.39 is 0 Å². The number of nitrogens with zero attached hydrogens (tertiary/aromatic N) is 5. The lowest BCUT2D eigenvalue weighted by atomic mass is 9.92. The molecule has 1 aromatic carbocycles. The number of aromatic nitrogens is 4. The molecule has 0 unspecified atom stereocenters. The molecule has 8 heteroatoms. The summed E-state index contributed by atoms with van der Waals surface area (Å²) >= 11 is 6.29. The van der Waals surface area contributed by atoms with E-state index in [-0.39, 0.29) is 0 Å². The zero-order valence-electron chi connectivity index (χ0n) is 17.7. The minimum atomic E-state index is 0.484. The summed E-state index contributed by atoms with van der Waals surface area (Å²) in [5, 5.41) is 0.716. The first-order chi connectivity index (χ1) is 15.2. The molecule has 162 valence electrons. The van der Waals surface area contributed by atoms with E-state index in [4.69, 9.17) is 26.3 Å². The van der Waals surface area contributed by atoms with Gasteiger partial charge >= 0.3 is 0 Å². The zero-order chi connectivity index (χ0) is 21.2. The minimum Gasteiger partial charge on any atom is -0.378 e. The molecule has 3 aromatic rings. The first-order valence-electron chi connectivity index (χ1n) is 10.9. The molecular formula is C23H27ClN6O. The van der Waals surface area contributed by atoms with Crippen molar-refractivity contribution in [1.29, 1.82) is 0 Å². The van der Waals surface area contributed by atoms with Crippen molar-refractivity contribution in [2.45, 2.75) is 25.7 Å². The summed E-state index contributed by atoms with van der Waals surface area (Å²) in [5.41, 5.74) is 4.44. The lowest BCUT2D eigenvalue weighted by molar-refractivity contribution is 0.122. The summed E-state index contributed by atoms with van der Waals surface area (Å²) in [4.78, 5) is 22.1. The number of imidazole rings is 1. The number of hydrogen-bond acceptors (Lipinski definition) is 6. The second kappa shape index (κ2) is 8.85. The molecule has 2 aromatic heterocycles. The fourth-order valence-electron chi connectivity index (χ4n) is 4.53. The third-order valence-corrected chi connectivity index (χ3v) is 6.47. The highest BCUT2D eigenvalue weighted by atomic mass is 35.5. The molecule has 2 aliphatic rings. The largest absolute Gasteiger partial charge is 0.378 e. The van der Waals surface area contributed by atoms with Crippen molar-refractivity contribution in [3.8, 4) is 11.1 Å². The van der Waals surface area contributed by atoms with Crippen LogP contribution in [0.1, 0.15) is 30.1 Å². The average molecular weight is 439 g/mol. The smallest absolute Gasteiger partial charge is 0.227 e. The summed E-state index contributed by atoms with van der Waals surface area (Å²) < 4.78 is 5.50. The van der Waals surface area contributed by atoms with Gasteiger partial charge in [-0.3, -0.25) is 0 Å². The Kier molecular flexibility index (Phi) is 5.78. The van der Waals surface area contributed by atoms with Crippen LogP contribution in [0.4, 0.5) is 11.8 Å². The van der Waals surface area contributed by atoms with Gasteiger partial charge in [0.2, 0.25) is 5.95 Å². The fourth-order valence-corrected chi connectivity index (χ4v) is 4.72. The van der Waals surface area contributed by atoms with Crippen LogP contribution in [0, 0.1) is 6.92 Å². The molecule has 2 aliphatic heterocycles. The molecule has 0 saturated carbocycles. The molecule has 0 radical (unpaired) electrons. The van der Waals surface area contributed by atoms with Gasteiger partial charge in [0.1, 0.15) is 5.82 Å². The lowest BCUT2D eigenvalue weighted by Crippen LogP contribution is -2.38. The Labute approximate surface area is 187 Å². The van der Waals surface area contributed by atoms with Gasteiger partial charge in [-0.2, -0.15) is 4.98 Å². The normalized spacial score (nSPS) is 17.9. The van der Waals surface area contributed by atoms with Gasteiger partial charge in [0.25, 0.3) is 0 Å². The molecule has 4 heterocycles. The Bertz CT molecular complexity index is 1040. The number of hydrogen-bond donors (Lipinski definition) is 1. The minimum absolute atomic E-state index is 0.484. The Morgan fingerprint density at radius 1 is 1.06 bits per heavy atom. The molecule has 5 rings (SSSR count). The zero-order valence-corrected chi connectivity index (χ0v) is 18.5. The van der Waals surface area contributed by atoms with Crippen molar-refractivity contribution in [3.63, 3.8) is 0 Å². The number of aromatic amines is 1. The molecular weight excluding hydrogens is 412 g/mol. The molecule has 2 saturated heterocycles. The Hall–Kier alpha value is -2.64. The summed E-state index contributed by atoms with van der Waals surface area (Å²) in [6.07, 6.45) is 5.85. The van der Waals surface area contributed by atoms with E-state index in [2.05, 4.69) is 32.8 Å². The van der Waals surface area contributed by atoms with Crippen molar-refractivity contribution >= 4 is 23.4 Å². The monoisotopic (exact) mass is 438 g/mol. The van der Waals surface area contributed by atoms with Crippen molar-refractivity contribution in [3.05, 3.63) is 53.2 Å². The van der Waals surface area contributed by atoms with Crippen molar-refractivity contribution in [1.82, 2.24) is 19.9 Å². The maximum atomic E-state index is 6.29. The fraction of sp³-hybridized carbons (Fsp3) is 0.435. The number of rotatable bonds is 4. The van der Waals surface area contributed by atoms with Gasteiger partial charge in [0.05, 0.1) is 25.2 Å². The highest BCUT2D eigenvalue weighted by molar-refractivity contribution is 6.30. The predicted octanol–water partition coefficient (Wildman–Crippen LogP) is 4.05. The molecule has 31 heavy (non-hydrogen) atoms. The number of piperidine rings is 1. The van der Waals surface area contributed by atoms with Crippen LogP contribution in [0.3, 0.4) is 0 Å². The second-order valence-corrected chi connectivity index (χ2v) is 8.63. The Balaban J connectivity index is 1.45. The second-order valence-electron chi connectivity index (χ2n) is 8.19. The molecule has 0 bridgehead atoms. The first-order valence-corrected chi connectivity index (χ1v) is 11.3. The lowest BCUT2D eigenvalue weighted by Gasteiger charge is -2.34. The molecule has 0 spiro atoms. The predicted molar refractivity (Wildman–Crippen MR) is 123 cm³/mol. The topological polar surface area (TPSA) is 70.2 Å². The number of anilines is 2. The van der Waals surface area contributed by atoms with Gasteiger partial charge < -0.3 is 19.5 Å². The summed E-state index contributed by atoms with van der Waals surface area (Å²) in [7, 11) is 0. The van der Waals surface area contributed by atoms with Crippen LogP contribution in [0.5, 0.6) is 0 Å². The van der Waals surface area contributed by atoms with Crippen LogP contribution in [-0.2, 0) is 4.74 Å². The highest BCUT2D eigenvalue weighted by Gasteiger charge is 2.27. The van der Waals surface area contributed by atoms with Crippen LogP contribution in [0.2, 0.25) is 5.02 Å². The molecule has 0 amide bonds. The van der Waals surface area contributed by atoms with Gasteiger partial charge in [-0.1, -0.05) is 23.7 Å². The third kappa shape index (κ3) is 4.25. The molecule has 0 atom stereocenters. The maximum Gasteiger partial charge on any atom is 0.227 e. The first kappa shape index (κ1) is 20.3. The van der Waals surface area contributed by atoms with Crippen molar-refractivity contribution < 1.29 is 4.74 Å². The standard InChI is InChI=1S/C23H27ClN6O/c1-16-21(27-15-26-16)17-5-7-29(8-6-17)22-20(18-3-2-4-19(24)13-18)14-25-23(28-22)30-9-11-31-12-10-30/h2-4,13-15,17H,5-12H2,1H3,(H,26,27). The van der Waals surface area contributed by atoms with E-state index in [1.54, 1.807) is 6.33 Å². The van der Waals surface area contributed by atoms with E-state index in [9.17, 15) is 0 Å². The van der Waals surface area contributed by atoms with Crippen molar-refractivity contribution in [2.24, 2.45) is 0 Å². The number of nitrogens with one attached hydrogen (secondary N) is 1. The SMILES string of the molecule is Cc1[nH]cnc1C1CCN(c2nc(N3CCOCC3)ncc2-c2cccc(Cl)c2)CC1. The summed E-state index contributed by atoms with van der Waals surface area (Å²) in [6.45, 7) is 7.03. The van der Waals surface area contributed by atoms with Gasteiger partial charge in [-0.05, 0) is 37.5 Å². The van der Waals surface area contributed by atoms with Gasteiger partial charge in [0, 0.05) is 54.6 Å². The summed E-state index contributed by atoms with van der Waals surface area (Å²) in [5.74, 6) is 2.24. The maximum absolute atomic E-state index is 6.29. The van der Waals surface area contributed by atoms with E-state index in [0.717, 1.165) is 61.9 Å². The van der Waals surface area contributed by atoms with Crippen LogP contribution in [-0.4, -0.2) is 59.3 Å². The van der Waals surface area contributed by atoms with E-state index in [1.165, 1.54) is 11.4 Å². The van der Waals surface area contributed by atoms with Crippen molar-refractivity contribution in [2.75, 3.05) is 49.2 Å². The number of morpholine rings is 1. The molecule has 0 aliphatic carbocycles. The number of ether oxygens (including phenoxy) is 1. The van der Waals surface area contributed by atoms with Gasteiger partial charge in [-0.15, -0.1) is 0 Å². The number of halogens is 1. The number of aryl methyl sites for hydroxylation is 1. The van der Waals surface area contributed by atoms with Crippen LogP contribution in [0.15, 0.2) is 36.8 Å². The average Bonchev–Trinajstić information content (AvgIpc) is 3.25. The van der Waals surface area contributed by atoms with Crippen LogP contribution in [0.25, 0.3) is 11.1 Å². The number of H-pyrrole nitrogens is 1. The van der Waals surface area contributed by atoms with Crippen LogP contribution >= 0.6 is 11.6 Å². The van der Waals surface area contributed by atoms with Gasteiger partial charge in [0.15, 0.2) is 0 Å². The van der Waals surface area contributed by atoms with Crippen LogP contribution < -0.4 is 9.80 Å². The molecule has 2 fully saturated rings.